The highest BCUT2D eigenvalue weighted by molar-refractivity contribution is 5.70. The van der Waals surface area contributed by atoms with Crippen molar-refractivity contribution in [3.8, 4) is 0 Å². The molecule has 5 nitrogen and oxygen atoms in total. The van der Waals surface area contributed by atoms with E-state index in [-0.39, 0.29) is 19.3 Å². The summed E-state index contributed by atoms with van der Waals surface area (Å²) in [6.45, 7) is 0. The van der Waals surface area contributed by atoms with Crippen LogP contribution in [-0.4, -0.2) is 38.3 Å². The maximum Gasteiger partial charge on any atom is 0.306 e. The van der Waals surface area contributed by atoms with Gasteiger partial charge in [-0.3, -0.25) is 4.79 Å². The van der Waals surface area contributed by atoms with Crippen LogP contribution < -0.4 is 0 Å². The SMILES string of the molecule is O=C(O)C1CC(O)CC(O)(O)C1. The topological polar surface area (TPSA) is 98.0 Å². The van der Waals surface area contributed by atoms with Gasteiger partial charge in [-0.2, -0.15) is 0 Å². The quantitative estimate of drug-likeness (QED) is 0.381. The summed E-state index contributed by atoms with van der Waals surface area (Å²) in [5, 5.41) is 35.8. The number of hydrogen-bond donors (Lipinski definition) is 4. The van der Waals surface area contributed by atoms with E-state index >= 15 is 0 Å². The molecule has 1 aliphatic rings. The first kappa shape index (κ1) is 9.44. The van der Waals surface area contributed by atoms with Crippen LogP contribution in [0.2, 0.25) is 0 Å². The van der Waals surface area contributed by atoms with Crippen LogP contribution in [0.15, 0.2) is 0 Å². The Hall–Kier alpha value is -0.650. The van der Waals surface area contributed by atoms with Gasteiger partial charge in [0, 0.05) is 12.8 Å². The molecule has 70 valence electrons. The molecule has 0 aliphatic heterocycles. The van der Waals surface area contributed by atoms with Gasteiger partial charge in [0.25, 0.3) is 0 Å². The van der Waals surface area contributed by atoms with Gasteiger partial charge in [0.15, 0.2) is 5.79 Å². The van der Waals surface area contributed by atoms with Gasteiger partial charge in [-0.25, -0.2) is 0 Å². The molecule has 1 aliphatic carbocycles. The molecule has 0 spiro atoms. The lowest BCUT2D eigenvalue weighted by molar-refractivity contribution is -0.214. The molecular weight excluding hydrogens is 164 g/mol. The van der Waals surface area contributed by atoms with Crippen molar-refractivity contribution in [3.05, 3.63) is 0 Å². The van der Waals surface area contributed by atoms with E-state index in [4.69, 9.17) is 20.4 Å². The Kier molecular flexibility index (Phi) is 2.36. The highest BCUT2D eigenvalue weighted by atomic mass is 16.5. The average Bonchev–Trinajstić information content (AvgIpc) is 1.82. The van der Waals surface area contributed by atoms with Gasteiger partial charge in [-0.15, -0.1) is 0 Å². The number of carboxylic acid groups (broad SMARTS) is 1. The zero-order valence-electron chi connectivity index (χ0n) is 6.47. The van der Waals surface area contributed by atoms with E-state index in [1.54, 1.807) is 0 Å². The minimum atomic E-state index is -2.03. The summed E-state index contributed by atoms with van der Waals surface area (Å²) in [6, 6.07) is 0. The highest BCUT2D eigenvalue weighted by Gasteiger charge is 2.39. The molecule has 1 fully saturated rings. The minimum absolute atomic E-state index is 0.0954. The number of aliphatic carboxylic acids is 1. The van der Waals surface area contributed by atoms with Crippen molar-refractivity contribution >= 4 is 5.97 Å². The second-order valence-electron chi connectivity index (χ2n) is 3.32. The Bertz CT molecular complexity index is 188. The molecule has 4 N–H and O–H groups in total. The molecule has 0 radical (unpaired) electrons. The fraction of sp³-hybridized carbons (Fsp3) is 0.857. The van der Waals surface area contributed by atoms with Gasteiger partial charge in [0.05, 0.1) is 12.0 Å². The molecule has 0 saturated heterocycles. The molecule has 1 saturated carbocycles. The molecule has 0 amide bonds. The van der Waals surface area contributed by atoms with Gasteiger partial charge in [-0.1, -0.05) is 0 Å². The third kappa shape index (κ3) is 2.17. The van der Waals surface area contributed by atoms with E-state index < -0.39 is 23.8 Å². The predicted molar refractivity (Wildman–Crippen MR) is 38.2 cm³/mol. The summed E-state index contributed by atoms with van der Waals surface area (Å²) in [5.74, 6) is -3.98. The molecule has 0 aromatic carbocycles. The Morgan fingerprint density at radius 3 is 2.33 bits per heavy atom. The van der Waals surface area contributed by atoms with E-state index in [1.165, 1.54) is 0 Å². The number of aliphatic hydroxyl groups excluding tert-OH is 1. The molecular formula is C7H12O5. The van der Waals surface area contributed by atoms with Crippen LogP contribution >= 0.6 is 0 Å². The summed E-state index contributed by atoms with van der Waals surface area (Å²) in [7, 11) is 0. The standard InChI is InChI=1S/C7H12O5/c8-5-1-4(6(9)10)2-7(11,12)3-5/h4-5,8,11-12H,1-3H2,(H,9,10). The van der Waals surface area contributed by atoms with Gasteiger partial charge in [0.2, 0.25) is 0 Å². The van der Waals surface area contributed by atoms with Crippen LogP contribution in [0.5, 0.6) is 0 Å². The predicted octanol–water partition coefficient (Wildman–Crippen LogP) is -1.09. The smallest absolute Gasteiger partial charge is 0.306 e. The first-order valence-corrected chi connectivity index (χ1v) is 3.76. The Labute approximate surface area is 69.3 Å². The molecule has 12 heavy (non-hydrogen) atoms. The van der Waals surface area contributed by atoms with Crippen molar-refractivity contribution in [2.75, 3.05) is 0 Å². The van der Waals surface area contributed by atoms with Crippen molar-refractivity contribution < 1.29 is 25.2 Å². The van der Waals surface area contributed by atoms with E-state index in [0.29, 0.717) is 0 Å². The summed E-state index contributed by atoms with van der Waals surface area (Å²) in [4.78, 5) is 10.5. The van der Waals surface area contributed by atoms with Gasteiger partial charge < -0.3 is 20.4 Å². The van der Waals surface area contributed by atoms with E-state index in [1.807, 2.05) is 0 Å². The van der Waals surface area contributed by atoms with Crippen LogP contribution in [0, 0.1) is 5.92 Å². The number of carboxylic acids is 1. The third-order valence-electron chi connectivity index (χ3n) is 2.04. The number of aliphatic hydroxyl groups is 3. The van der Waals surface area contributed by atoms with Crippen LogP contribution in [0.1, 0.15) is 19.3 Å². The van der Waals surface area contributed by atoms with Crippen LogP contribution in [0.3, 0.4) is 0 Å². The second kappa shape index (κ2) is 3.01. The second-order valence-corrected chi connectivity index (χ2v) is 3.32. The van der Waals surface area contributed by atoms with E-state index in [0.717, 1.165) is 0 Å². The Balaban J connectivity index is 2.64. The first-order chi connectivity index (χ1) is 5.41. The lowest BCUT2D eigenvalue weighted by Gasteiger charge is -2.33. The summed E-state index contributed by atoms with van der Waals surface area (Å²) in [5.41, 5.74) is 0. The van der Waals surface area contributed by atoms with E-state index in [2.05, 4.69) is 0 Å². The molecule has 5 heteroatoms. The summed E-state index contributed by atoms with van der Waals surface area (Å²) < 4.78 is 0. The van der Waals surface area contributed by atoms with Gasteiger partial charge in [0.1, 0.15) is 0 Å². The summed E-state index contributed by atoms with van der Waals surface area (Å²) in [6.07, 6.45) is -1.22. The number of rotatable bonds is 1. The highest BCUT2D eigenvalue weighted by Crippen LogP contribution is 2.30. The van der Waals surface area contributed by atoms with Crippen molar-refractivity contribution in [1.82, 2.24) is 0 Å². The normalized spacial score (nSPS) is 34.6. The third-order valence-corrected chi connectivity index (χ3v) is 2.04. The fourth-order valence-electron chi connectivity index (χ4n) is 1.54. The Morgan fingerprint density at radius 1 is 1.33 bits per heavy atom. The van der Waals surface area contributed by atoms with Crippen LogP contribution in [0.25, 0.3) is 0 Å². The Morgan fingerprint density at radius 2 is 1.92 bits per heavy atom. The lowest BCUT2D eigenvalue weighted by Crippen LogP contribution is -2.43. The zero-order chi connectivity index (χ0) is 9.35. The summed E-state index contributed by atoms with van der Waals surface area (Å²) >= 11 is 0. The fourth-order valence-corrected chi connectivity index (χ4v) is 1.54. The van der Waals surface area contributed by atoms with Crippen molar-refractivity contribution in [1.29, 1.82) is 0 Å². The minimum Gasteiger partial charge on any atom is -0.481 e. The van der Waals surface area contributed by atoms with Crippen molar-refractivity contribution in [2.24, 2.45) is 5.92 Å². The zero-order valence-corrected chi connectivity index (χ0v) is 6.47. The van der Waals surface area contributed by atoms with Crippen molar-refractivity contribution in [2.45, 2.75) is 31.2 Å². The largest absolute Gasteiger partial charge is 0.481 e. The molecule has 0 aromatic rings. The molecule has 2 unspecified atom stereocenters. The maximum atomic E-state index is 10.5. The lowest BCUT2D eigenvalue weighted by atomic mass is 9.83. The van der Waals surface area contributed by atoms with Crippen molar-refractivity contribution in [3.63, 3.8) is 0 Å². The molecule has 0 heterocycles. The van der Waals surface area contributed by atoms with Gasteiger partial charge in [-0.05, 0) is 6.42 Å². The number of hydrogen-bond acceptors (Lipinski definition) is 4. The van der Waals surface area contributed by atoms with Gasteiger partial charge >= 0.3 is 5.97 Å². The molecule has 0 aromatic heterocycles. The molecule has 1 rings (SSSR count). The van der Waals surface area contributed by atoms with Crippen LogP contribution in [-0.2, 0) is 4.79 Å². The van der Waals surface area contributed by atoms with Crippen LogP contribution in [0.4, 0.5) is 0 Å². The monoisotopic (exact) mass is 176 g/mol. The molecule has 0 bridgehead atoms. The number of carbonyl (C=O) groups is 1. The maximum absolute atomic E-state index is 10.5. The average molecular weight is 176 g/mol. The van der Waals surface area contributed by atoms with E-state index in [9.17, 15) is 4.79 Å². The molecule has 2 atom stereocenters. The first-order valence-electron chi connectivity index (χ1n) is 3.76.